The number of hydrogen-bond acceptors (Lipinski definition) is 4. The molecule has 0 aromatic carbocycles. The van der Waals surface area contributed by atoms with E-state index in [0.717, 1.165) is 24.7 Å². The summed E-state index contributed by atoms with van der Waals surface area (Å²) in [5.41, 5.74) is 6.31. The summed E-state index contributed by atoms with van der Waals surface area (Å²) in [4.78, 5) is 7.17. The highest BCUT2D eigenvalue weighted by molar-refractivity contribution is 8.00. The van der Waals surface area contributed by atoms with E-state index in [0.29, 0.717) is 10.7 Å². The second kappa shape index (κ2) is 4.82. The molecule has 92 valence electrons. The van der Waals surface area contributed by atoms with Crippen molar-refractivity contribution in [3.63, 3.8) is 0 Å². The van der Waals surface area contributed by atoms with Crippen LogP contribution in [0.1, 0.15) is 19.5 Å². The zero-order chi connectivity index (χ0) is 12.5. The van der Waals surface area contributed by atoms with Crippen molar-refractivity contribution in [2.24, 2.45) is 5.73 Å². The van der Waals surface area contributed by atoms with Gasteiger partial charge in [0, 0.05) is 23.6 Å². The molecule has 0 amide bonds. The molecule has 5 heteroatoms. The van der Waals surface area contributed by atoms with Gasteiger partial charge in [-0.1, -0.05) is 18.3 Å². The Hall–Kier alpha value is -0.810. The van der Waals surface area contributed by atoms with Gasteiger partial charge in [-0.2, -0.15) is 11.8 Å². The summed E-state index contributed by atoms with van der Waals surface area (Å²) in [5, 5.41) is 0. The molecule has 1 aromatic rings. The van der Waals surface area contributed by atoms with E-state index in [1.54, 1.807) is 0 Å². The smallest absolute Gasteiger partial charge is 0.129 e. The molecule has 1 aliphatic rings. The van der Waals surface area contributed by atoms with Crippen molar-refractivity contribution in [2.75, 3.05) is 23.7 Å². The molecule has 0 spiro atoms. The zero-order valence-electron chi connectivity index (χ0n) is 10.1. The van der Waals surface area contributed by atoms with Crippen LogP contribution in [-0.4, -0.2) is 33.6 Å². The van der Waals surface area contributed by atoms with Crippen molar-refractivity contribution in [3.05, 3.63) is 23.9 Å². The van der Waals surface area contributed by atoms with E-state index in [1.807, 2.05) is 30.0 Å². The molecule has 1 fully saturated rings. The molecule has 2 rings (SSSR count). The summed E-state index contributed by atoms with van der Waals surface area (Å²) in [6, 6.07) is 5.84. The molecule has 3 nitrogen and oxygen atoms in total. The van der Waals surface area contributed by atoms with Gasteiger partial charge in [-0.05, 0) is 26.0 Å². The van der Waals surface area contributed by atoms with Gasteiger partial charge >= 0.3 is 0 Å². The second-order valence-corrected chi connectivity index (χ2v) is 7.02. The van der Waals surface area contributed by atoms with Crippen LogP contribution in [0.25, 0.3) is 0 Å². The fraction of sp³-hybridized carbons (Fsp3) is 0.500. The van der Waals surface area contributed by atoms with Crippen molar-refractivity contribution >= 4 is 34.8 Å². The van der Waals surface area contributed by atoms with Crippen LogP contribution in [0.4, 0.5) is 5.82 Å². The maximum atomic E-state index is 5.61. The van der Waals surface area contributed by atoms with Crippen LogP contribution >= 0.6 is 24.0 Å². The Morgan fingerprint density at radius 3 is 2.94 bits per heavy atom. The zero-order valence-corrected chi connectivity index (χ0v) is 11.8. The maximum absolute atomic E-state index is 5.61. The third kappa shape index (κ3) is 3.10. The fourth-order valence-electron chi connectivity index (χ4n) is 1.95. The normalized spacial score (nSPS) is 19.1. The number of thiocarbonyl (C=S) groups is 1. The number of hydrogen-bond donors (Lipinski definition) is 1. The highest BCUT2D eigenvalue weighted by Gasteiger charge is 2.27. The van der Waals surface area contributed by atoms with E-state index < -0.39 is 0 Å². The predicted octanol–water partition coefficient (Wildman–Crippen LogP) is 2.05. The van der Waals surface area contributed by atoms with E-state index >= 15 is 0 Å². The van der Waals surface area contributed by atoms with Crippen molar-refractivity contribution in [1.82, 2.24) is 4.98 Å². The predicted molar refractivity (Wildman–Crippen MR) is 78.9 cm³/mol. The molecule has 2 N–H and O–H groups in total. The van der Waals surface area contributed by atoms with Crippen molar-refractivity contribution in [2.45, 2.75) is 18.6 Å². The molecule has 1 aromatic heterocycles. The lowest BCUT2D eigenvalue weighted by Gasteiger charge is -2.38. The molecule has 1 aliphatic heterocycles. The van der Waals surface area contributed by atoms with E-state index in [4.69, 9.17) is 18.0 Å². The van der Waals surface area contributed by atoms with Gasteiger partial charge in [0.2, 0.25) is 0 Å². The van der Waals surface area contributed by atoms with Crippen molar-refractivity contribution in [1.29, 1.82) is 0 Å². The van der Waals surface area contributed by atoms with Gasteiger partial charge in [0.1, 0.15) is 10.8 Å². The number of pyridine rings is 1. The number of nitrogens with two attached hydrogens (primary N) is 1. The monoisotopic (exact) mass is 267 g/mol. The van der Waals surface area contributed by atoms with Crippen LogP contribution in [0.5, 0.6) is 0 Å². The van der Waals surface area contributed by atoms with Gasteiger partial charge in [0.05, 0.1) is 5.69 Å². The van der Waals surface area contributed by atoms with E-state index in [2.05, 4.69) is 23.7 Å². The van der Waals surface area contributed by atoms with Crippen LogP contribution in [-0.2, 0) is 0 Å². The van der Waals surface area contributed by atoms with Crippen LogP contribution in [0, 0.1) is 0 Å². The summed E-state index contributed by atoms with van der Waals surface area (Å²) in [6.45, 7) is 6.57. The number of anilines is 1. The average Bonchev–Trinajstić information content (AvgIpc) is 2.28. The minimum absolute atomic E-state index is 0.277. The summed E-state index contributed by atoms with van der Waals surface area (Å²) in [7, 11) is 0. The number of rotatable bonds is 2. The van der Waals surface area contributed by atoms with E-state index in [-0.39, 0.29) is 4.75 Å². The molecule has 2 heterocycles. The van der Waals surface area contributed by atoms with Gasteiger partial charge in [0.25, 0.3) is 0 Å². The first-order chi connectivity index (χ1) is 7.98. The molecule has 0 atom stereocenters. The number of aromatic nitrogens is 1. The Morgan fingerprint density at radius 2 is 2.29 bits per heavy atom. The summed E-state index contributed by atoms with van der Waals surface area (Å²) >= 11 is 6.97. The Labute approximate surface area is 112 Å². The molecular weight excluding hydrogens is 250 g/mol. The Morgan fingerprint density at radius 1 is 1.53 bits per heavy atom. The molecule has 0 unspecified atom stereocenters. The summed E-state index contributed by atoms with van der Waals surface area (Å²) < 4.78 is 0.277. The highest BCUT2D eigenvalue weighted by Crippen LogP contribution is 2.31. The van der Waals surface area contributed by atoms with Crippen molar-refractivity contribution < 1.29 is 0 Å². The molecule has 0 aliphatic carbocycles. The van der Waals surface area contributed by atoms with Crippen LogP contribution in [0.2, 0.25) is 0 Å². The van der Waals surface area contributed by atoms with E-state index in [9.17, 15) is 0 Å². The molecule has 0 bridgehead atoms. The lowest BCUT2D eigenvalue weighted by atomic mass is 10.2. The van der Waals surface area contributed by atoms with E-state index in [1.165, 1.54) is 0 Å². The molecule has 0 radical (unpaired) electrons. The SMILES string of the molecule is CC1(C)CN(c2cccc(C(N)=S)n2)CCS1. The van der Waals surface area contributed by atoms with Crippen molar-refractivity contribution in [3.8, 4) is 0 Å². The van der Waals surface area contributed by atoms with Crippen LogP contribution in [0.3, 0.4) is 0 Å². The molecule has 0 saturated carbocycles. The topological polar surface area (TPSA) is 42.1 Å². The third-order valence-electron chi connectivity index (χ3n) is 2.74. The minimum atomic E-state index is 0.277. The lowest BCUT2D eigenvalue weighted by molar-refractivity contribution is 0.642. The maximum Gasteiger partial charge on any atom is 0.129 e. The Balaban J connectivity index is 2.22. The van der Waals surface area contributed by atoms with Gasteiger partial charge in [-0.15, -0.1) is 0 Å². The summed E-state index contributed by atoms with van der Waals surface area (Å²) in [5.74, 6) is 2.11. The Kier molecular flexibility index (Phi) is 3.58. The fourth-order valence-corrected chi connectivity index (χ4v) is 3.17. The lowest BCUT2D eigenvalue weighted by Crippen LogP contribution is -2.43. The molecule has 17 heavy (non-hydrogen) atoms. The van der Waals surface area contributed by atoms with Gasteiger partial charge < -0.3 is 10.6 Å². The molecule has 1 saturated heterocycles. The largest absolute Gasteiger partial charge is 0.388 e. The Bertz CT molecular complexity index is 432. The number of thioether (sulfide) groups is 1. The third-order valence-corrected chi connectivity index (χ3v) is 4.24. The quantitative estimate of drug-likeness (QED) is 0.831. The molecular formula is C12H17N3S2. The van der Waals surface area contributed by atoms with Gasteiger partial charge in [-0.25, -0.2) is 4.98 Å². The number of nitrogens with zero attached hydrogens (tertiary/aromatic N) is 2. The minimum Gasteiger partial charge on any atom is -0.388 e. The van der Waals surface area contributed by atoms with Crippen LogP contribution < -0.4 is 10.6 Å². The standard InChI is InChI=1S/C12H17N3S2/c1-12(2)8-15(6-7-17-12)10-5-3-4-9(14-10)11(13)16/h3-5H,6-8H2,1-2H3,(H2,13,16). The highest BCUT2D eigenvalue weighted by atomic mass is 32.2. The second-order valence-electron chi connectivity index (χ2n) is 4.77. The summed E-state index contributed by atoms with van der Waals surface area (Å²) in [6.07, 6.45) is 0. The average molecular weight is 267 g/mol. The first kappa shape index (κ1) is 12.6. The first-order valence-corrected chi connectivity index (χ1v) is 7.03. The van der Waals surface area contributed by atoms with Gasteiger partial charge in [-0.3, -0.25) is 0 Å². The first-order valence-electron chi connectivity index (χ1n) is 5.64. The van der Waals surface area contributed by atoms with Gasteiger partial charge in [0.15, 0.2) is 0 Å². The van der Waals surface area contributed by atoms with Crippen LogP contribution in [0.15, 0.2) is 18.2 Å².